The molecule has 0 aliphatic heterocycles. The Bertz CT molecular complexity index is 601. The highest BCUT2D eigenvalue weighted by Crippen LogP contribution is 2.30. The smallest absolute Gasteiger partial charge is 0.164 e. The molecule has 0 spiro atoms. The molecular weight excluding hydrogens is 265 g/mol. The van der Waals surface area contributed by atoms with E-state index in [0.717, 1.165) is 5.56 Å². The van der Waals surface area contributed by atoms with Gasteiger partial charge in [0.15, 0.2) is 5.82 Å². The zero-order valence-electron chi connectivity index (χ0n) is 10.7. The maximum atomic E-state index is 13.8. The van der Waals surface area contributed by atoms with Gasteiger partial charge in [-0.05, 0) is 37.6 Å². The fourth-order valence-electron chi connectivity index (χ4n) is 1.95. The zero-order chi connectivity index (χ0) is 14.0. The Labute approximate surface area is 116 Å². The lowest BCUT2D eigenvalue weighted by Gasteiger charge is -2.18. The molecular formula is C15H15ClFNO. The predicted octanol–water partition coefficient (Wildman–Crippen LogP) is 4.67. The van der Waals surface area contributed by atoms with Gasteiger partial charge in [0.2, 0.25) is 0 Å². The van der Waals surface area contributed by atoms with Crippen molar-refractivity contribution < 1.29 is 9.50 Å². The molecule has 1 atom stereocenters. The Kier molecular flexibility index (Phi) is 3.96. The number of halogens is 2. The predicted molar refractivity (Wildman–Crippen MR) is 76.3 cm³/mol. The van der Waals surface area contributed by atoms with E-state index in [1.54, 1.807) is 18.2 Å². The van der Waals surface area contributed by atoms with Gasteiger partial charge in [0.25, 0.3) is 0 Å². The molecule has 0 fully saturated rings. The average molecular weight is 280 g/mol. The fourth-order valence-corrected chi connectivity index (χ4v) is 2.12. The van der Waals surface area contributed by atoms with Crippen LogP contribution in [0.25, 0.3) is 0 Å². The topological polar surface area (TPSA) is 32.3 Å². The van der Waals surface area contributed by atoms with Crippen LogP contribution in [0.3, 0.4) is 0 Å². The molecule has 19 heavy (non-hydrogen) atoms. The van der Waals surface area contributed by atoms with Gasteiger partial charge in [0.05, 0.1) is 16.8 Å². The summed E-state index contributed by atoms with van der Waals surface area (Å²) in [7, 11) is 0. The van der Waals surface area contributed by atoms with Gasteiger partial charge in [-0.15, -0.1) is 0 Å². The van der Waals surface area contributed by atoms with Gasteiger partial charge < -0.3 is 10.4 Å². The van der Waals surface area contributed by atoms with Crippen molar-refractivity contribution in [1.82, 2.24) is 0 Å². The highest BCUT2D eigenvalue weighted by molar-refractivity contribution is 6.31. The molecule has 2 N–H and O–H groups in total. The first-order chi connectivity index (χ1) is 8.99. The van der Waals surface area contributed by atoms with Crippen LogP contribution >= 0.6 is 11.6 Å². The molecule has 0 amide bonds. The van der Waals surface area contributed by atoms with Crippen molar-refractivity contribution in [2.45, 2.75) is 19.9 Å². The molecule has 2 rings (SSSR count). The maximum absolute atomic E-state index is 13.8. The third-order valence-electron chi connectivity index (χ3n) is 2.98. The summed E-state index contributed by atoms with van der Waals surface area (Å²) < 4.78 is 13.8. The summed E-state index contributed by atoms with van der Waals surface area (Å²) in [5.41, 5.74) is 2.01. The monoisotopic (exact) mass is 279 g/mol. The van der Waals surface area contributed by atoms with Gasteiger partial charge >= 0.3 is 0 Å². The van der Waals surface area contributed by atoms with E-state index in [1.807, 2.05) is 26.0 Å². The molecule has 100 valence electrons. The van der Waals surface area contributed by atoms with Crippen LogP contribution in [-0.2, 0) is 0 Å². The van der Waals surface area contributed by atoms with Gasteiger partial charge in [-0.3, -0.25) is 0 Å². The number of nitrogens with one attached hydrogen (secondary N) is 1. The summed E-state index contributed by atoms with van der Waals surface area (Å²) in [5, 5.41) is 13.0. The lowest BCUT2D eigenvalue weighted by molar-refractivity contribution is 0.465. The second-order valence-corrected chi connectivity index (χ2v) is 4.94. The zero-order valence-corrected chi connectivity index (χ0v) is 11.5. The number of rotatable bonds is 3. The molecule has 0 aliphatic carbocycles. The summed E-state index contributed by atoms with van der Waals surface area (Å²) in [5.74, 6) is -0.287. The standard InChI is InChI=1S/C15H15ClFNO/c1-9-6-7-11(14(19)8-9)10(2)18-13-5-3-4-12(16)15(13)17/h3-8,10,18-19H,1-2H3. The van der Waals surface area contributed by atoms with Crippen molar-refractivity contribution >= 4 is 17.3 Å². The summed E-state index contributed by atoms with van der Waals surface area (Å²) >= 11 is 5.73. The fraction of sp³-hybridized carbons (Fsp3) is 0.200. The Hall–Kier alpha value is -1.74. The Morgan fingerprint density at radius 1 is 1.26 bits per heavy atom. The summed E-state index contributed by atoms with van der Waals surface area (Å²) in [6, 6.07) is 9.97. The van der Waals surface area contributed by atoms with Gasteiger partial charge in [0, 0.05) is 5.56 Å². The third-order valence-corrected chi connectivity index (χ3v) is 3.27. The molecule has 0 saturated carbocycles. The summed E-state index contributed by atoms with van der Waals surface area (Å²) in [4.78, 5) is 0. The van der Waals surface area contributed by atoms with Crippen LogP contribution in [0.5, 0.6) is 5.75 Å². The van der Waals surface area contributed by atoms with E-state index in [4.69, 9.17) is 11.6 Å². The molecule has 0 radical (unpaired) electrons. The summed E-state index contributed by atoms with van der Waals surface area (Å²) in [6.45, 7) is 3.75. The van der Waals surface area contributed by atoms with Crippen molar-refractivity contribution in [1.29, 1.82) is 0 Å². The Balaban J connectivity index is 2.25. The van der Waals surface area contributed by atoms with Gasteiger partial charge in [0.1, 0.15) is 5.75 Å². The second kappa shape index (κ2) is 5.49. The van der Waals surface area contributed by atoms with Gasteiger partial charge in [-0.25, -0.2) is 4.39 Å². The molecule has 2 aromatic rings. The van der Waals surface area contributed by atoms with Crippen molar-refractivity contribution in [3.63, 3.8) is 0 Å². The van der Waals surface area contributed by atoms with Crippen molar-refractivity contribution in [3.8, 4) is 5.75 Å². The van der Waals surface area contributed by atoms with Crippen LogP contribution < -0.4 is 5.32 Å². The average Bonchev–Trinajstić information content (AvgIpc) is 2.34. The van der Waals surface area contributed by atoms with Gasteiger partial charge in [-0.1, -0.05) is 29.8 Å². The van der Waals surface area contributed by atoms with E-state index in [2.05, 4.69) is 5.32 Å². The largest absolute Gasteiger partial charge is 0.508 e. The molecule has 0 heterocycles. The van der Waals surface area contributed by atoms with E-state index in [-0.39, 0.29) is 16.8 Å². The SMILES string of the molecule is Cc1ccc(C(C)Nc2cccc(Cl)c2F)c(O)c1. The molecule has 0 saturated heterocycles. The summed E-state index contributed by atoms with van der Waals surface area (Å²) in [6.07, 6.45) is 0. The quantitative estimate of drug-likeness (QED) is 0.856. The maximum Gasteiger partial charge on any atom is 0.164 e. The lowest BCUT2D eigenvalue weighted by Crippen LogP contribution is -2.08. The molecule has 0 bridgehead atoms. The first kappa shape index (κ1) is 13.7. The van der Waals surface area contributed by atoms with E-state index in [0.29, 0.717) is 11.3 Å². The van der Waals surface area contributed by atoms with Crippen LogP contribution in [0.1, 0.15) is 24.1 Å². The molecule has 2 aromatic carbocycles. The normalized spacial score (nSPS) is 12.2. The van der Waals surface area contributed by atoms with Crippen molar-refractivity contribution in [2.75, 3.05) is 5.32 Å². The van der Waals surface area contributed by atoms with Crippen molar-refractivity contribution in [2.24, 2.45) is 0 Å². The highest BCUT2D eigenvalue weighted by Gasteiger charge is 2.13. The molecule has 0 aromatic heterocycles. The lowest BCUT2D eigenvalue weighted by atomic mass is 10.0. The van der Waals surface area contributed by atoms with Crippen LogP contribution in [-0.4, -0.2) is 5.11 Å². The van der Waals surface area contributed by atoms with E-state index in [1.165, 1.54) is 6.07 Å². The number of aromatic hydroxyl groups is 1. The van der Waals surface area contributed by atoms with Crippen molar-refractivity contribution in [3.05, 3.63) is 58.4 Å². The minimum atomic E-state index is -0.484. The number of anilines is 1. The number of benzene rings is 2. The van der Waals surface area contributed by atoms with Crippen LogP contribution in [0.2, 0.25) is 5.02 Å². The number of phenolic OH excluding ortho intramolecular Hbond substituents is 1. The number of hydrogen-bond donors (Lipinski definition) is 2. The third kappa shape index (κ3) is 2.99. The Morgan fingerprint density at radius 3 is 2.68 bits per heavy atom. The number of hydrogen-bond acceptors (Lipinski definition) is 2. The molecule has 0 aliphatic rings. The molecule has 4 heteroatoms. The minimum absolute atomic E-state index is 0.0744. The molecule has 2 nitrogen and oxygen atoms in total. The highest BCUT2D eigenvalue weighted by atomic mass is 35.5. The second-order valence-electron chi connectivity index (χ2n) is 4.53. The van der Waals surface area contributed by atoms with Crippen LogP contribution in [0, 0.1) is 12.7 Å². The minimum Gasteiger partial charge on any atom is -0.508 e. The van der Waals surface area contributed by atoms with E-state index < -0.39 is 5.82 Å². The van der Waals surface area contributed by atoms with E-state index >= 15 is 0 Å². The Morgan fingerprint density at radius 2 is 2.00 bits per heavy atom. The van der Waals surface area contributed by atoms with Crippen LogP contribution in [0.15, 0.2) is 36.4 Å². The molecule has 1 unspecified atom stereocenters. The number of phenols is 1. The number of aryl methyl sites for hydroxylation is 1. The van der Waals surface area contributed by atoms with Crippen LogP contribution in [0.4, 0.5) is 10.1 Å². The first-order valence-corrected chi connectivity index (χ1v) is 6.37. The van der Waals surface area contributed by atoms with Gasteiger partial charge in [-0.2, -0.15) is 0 Å². The first-order valence-electron chi connectivity index (χ1n) is 5.99. The van der Waals surface area contributed by atoms with E-state index in [9.17, 15) is 9.50 Å².